The first-order valence-corrected chi connectivity index (χ1v) is 10.1. The third kappa shape index (κ3) is 12.5. The highest BCUT2D eigenvalue weighted by atomic mass is 16.5. The fraction of sp³-hybridized carbons (Fsp3) is 1.00. The largest absolute Gasteiger partial charge is 0.379 e. The van der Waals surface area contributed by atoms with Gasteiger partial charge in [-0.15, -0.1) is 0 Å². The van der Waals surface area contributed by atoms with Crippen molar-refractivity contribution in [1.82, 2.24) is 0 Å². The van der Waals surface area contributed by atoms with Crippen molar-refractivity contribution in [3.8, 4) is 0 Å². The third-order valence-electron chi connectivity index (χ3n) is 4.72. The standard InChI is InChI=1S/C20H40O2/c1-2-3-4-5-6-7-8-9-10-11-12-14-17-21-19-20-16-13-15-18-22-20/h20H,2-19H2,1H3. The van der Waals surface area contributed by atoms with Gasteiger partial charge in [-0.25, -0.2) is 0 Å². The summed E-state index contributed by atoms with van der Waals surface area (Å²) >= 11 is 0. The Labute approximate surface area is 139 Å². The molecule has 0 bridgehead atoms. The molecule has 0 saturated carbocycles. The van der Waals surface area contributed by atoms with Crippen molar-refractivity contribution < 1.29 is 9.47 Å². The normalized spacial score (nSPS) is 18.7. The predicted molar refractivity (Wildman–Crippen MR) is 95.5 cm³/mol. The molecule has 1 fully saturated rings. The zero-order valence-corrected chi connectivity index (χ0v) is 15.1. The second-order valence-electron chi connectivity index (χ2n) is 6.95. The first-order valence-electron chi connectivity index (χ1n) is 10.1. The maximum Gasteiger partial charge on any atom is 0.0808 e. The minimum absolute atomic E-state index is 0.381. The fourth-order valence-electron chi connectivity index (χ4n) is 3.20. The Bertz CT molecular complexity index is 212. The van der Waals surface area contributed by atoms with Crippen molar-refractivity contribution >= 4 is 0 Å². The van der Waals surface area contributed by atoms with E-state index < -0.39 is 0 Å². The van der Waals surface area contributed by atoms with Crippen molar-refractivity contribution in [1.29, 1.82) is 0 Å². The van der Waals surface area contributed by atoms with E-state index in [2.05, 4.69) is 6.92 Å². The van der Waals surface area contributed by atoms with Crippen LogP contribution in [0.25, 0.3) is 0 Å². The summed E-state index contributed by atoms with van der Waals surface area (Å²) in [4.78, 5) is 0. The van der Waals surface area contributed by atoms with Crippen LogP contribution in [-0.4, -0.2) is 25.9 Å². The Morgan fingerprint density at radius 1 is 0.773 bits per heavy atom. The molecule has 0 amide bonds. The zero-order valence-electron chi connectivity index (χ0n) is 15.1. The zero-order chi connectivity index (χ0) is 15.7. The Balaban J connectivity index is 1.68. The molecular weight excluding hydrogens is 272 g/mol. The van der Waals surface area contributed by atoms with E-state index in [1.165, 1.54) is 96.3 Å². The van der Waals surface area contributed by atoms with Gasteiger partial charge in [-0.3, -0.25) is 0 Å². The molecular formula is C20H40O2. The molecule has 0 aliphatic carbocycles. The van der Waals surface area contributed by atoms with Gasteiger partial charge >= 0.3 is 0 Å². The minimum atomic E-state index is 0.381. The van der Waals surface area contributed by atoms with Crippen LogP contribution in [0.1, 0.15) is 103 Å². The highest BCUT2D eigenvalue weighted by Gasteiger charge is 2.13. The van der Waals surface area contributed by atoms with E-state index >= 15 is 0 Å². The molecule has 0 aromatic heterocycles. The van der Waals surface area contributed by atoms with Crippen molar-refractivity contribution in [3.05, 3.63) is 0 Å². The van der Waals surface area contributed by atoms with Gasteiger partial charge in [0.2, 0.25) is 0 Å². The molecule has 0 aromatic rings. The monoisotopic (exact) mass is 312 g/mol. The Hall–Kier alpha value is -0.0800. The lowest BCUT2D eigenvalue weighted by molar-refractivity contribution is -0.0411. The van der Waals surface area contributed by atoms with Crippen molar-refractivity contribution in [2.45, 2.75) is 109 Å². The van der Waals surface area contributed by atoms with Gasteiger partial charge in [-0.05, 0) is 25.7 Å². The molecule has 132 valence electrons. The molecule has 2 heteroatoms. The SMILES string of the molecule is CCCCCCCCCCCCCCOCC1CCCCO1. The number of ether oxygens (including phenoxy) is 2. The van der Waals surface area contributed by atoms with Crippen LogP contribution in [0.5, 0.6) is 0 Å². The topological polar surface area (TPSA) is 18.5 Å². The fourth-order valence-corrected chi connectivity index (χ4v) is 3.20. The van der Waals surface area contributed by atoms with E-state index in [4.69, 9.17) is 9.47 Å². The molecule has 0 spiro atoms. The van der Waals surface area contributed by atoms with Crippen LogP contribution in [-0.2, 0) is 9.47 Å². The van der Waals surface area contributed by atoms with Gasteiger partial charge in [0.15, 0.2) is 0 Å². The van der Waals surface area contributed by atoms with E-state index in [0.717, 1.165) is 19.8 Å². The van der Waals surface area contributed by atoms with Gasteiger partial charge in [0.25, 0.3) is 0 Å². The van der Waals surface area contributed by atoms with Crippen molar-refractivity contribution in [3.63, 3.8) is 0 Å². The highest BCUT2D eigenvalue weighted by Crippen LogP contribution is 2.14. The van der Waals surface area contributed by atoms with Crippen LogP contribution in [0.2, 0.25) is 0 Å². The van der Waals surface area contributed by atoms with Crippen molar-refractivity contribution in [2.75, 3.05) is 19.8 Å². The molecule has 1 aliphatic rings. The van der Waals surface area contributed by atoms with E-state index in [9.17, 15) is 0 Å². The van der Waals surface area contributed by atoms with Gasteiger partial charge in [-0.2, -0.15) is 0 Å². The van der Waals surface area contributed by atoms with Gasteiger partial charge in [0, 0.05) is 13.2 Å². The summed E-state index contributed by atoms with van der Waals surface area (Å²) in [6.45, 7) is 4.97. The Kier molecular flexibility index (Phi) is 14.3. The summed E-state index contributed by atoms with van der Waals surface area (Å²) in [5, 5.41) is 0. The second-order valence-corrected chi connectivity index (χ2v) is 6.95. The highest BCUT2D eigenvalue weighted by molar-refractivity contribution is 4.62. The summed E-state index contributed by atoms with van der Waals surface area (Å²) in [5.74, 6) is 0. The Morgan fingerprint density at radius 2 is 1.36 bits per heavy atom. The van der Waals surface area contributed by atoms with Gasteiger partial charge in [-0.1, -0.05) is 77.6 Å². The molecule has 0 aromatic carbocycles. The minimum Gasteiger partial charge on any atom is -0.379 e. The van der Waals surface area contributed by atoms with Crippen molar-refractivity contribution in [2.24, 2.45) is 0 Å². The molecule has 2 nitrogen and oxygen atoms in total. The molecule has 1 heterocycles. The summed E-state index contributed by atoms with van der Waals surface area (Å²) in [6.07, 6.45) is 21.0. The molecule has 0 N–H and O–H groups in total. The van der Waals surface area contributed by atoms with E-state index in [1.54, 1.807) is 0 Å². The molecule has 22 heavy (non-hydrogen) atoms. The summed E-state index contributed by atoms with van der Waals surface area (Å²) < 4.78 is 11.4. The predicted octanol–water partition coefficient (Wildman–Crippen LogP) is 6.27. The quantitative estimate of drug-likeness (QED) is 0.332. The van der Waals surface area contributed by atoms with E-state index in [-0.39, 0.29) is 0 Å². The number of unbranched alkanes of at least 4 members (excludes halogenated alkanes) is 11. The van der Waals surface area contributed by atoms with Gasteiger partial charge in [0.1, 0.15) is 0 Å². The van der Waals surface area contributed by atoms with Crippen LogP contribution in [0, 0.1) is 0 Å². The maximum absolute atomic E-state index is 5.74. The smallest absolute Gasteiger partial charge is 0.0808 e. The molecule has 0 radical (unpaired) electrons. The average Bonchev–Trinajstić information content (AvgIpc) is 2.56. The summed E-state index contributed by atoms with van der Waals surface area (Å²) in [7, 11) is 0. The van der Waals surface area contributed by atoms with E-state index in [1.807, 2.05) is 0 Å². The van der Waals surface area contributed by atoms with Gasteiger partial charge < -0.3 is 9.47 Å². The maximum atomic E-state index is 5.74. The number of rotatable bonds is 15. The average molecular weight is 313 g/mol. The molecule has 1 rings (SSSR count). The third-order valence-corrected chi connectivity index (χ3v) is 4.72. The van der Waals surface area contributed by atoms with Crippen LogP contribution in [0.3, 0.4) is 0 Å². The summed E-state index contributed by atoms with van der Waals surface area (Å²) in [5.41, 5.74) is 0. The first-order chi connectivity index (χ1) is 10.9. The Morgan fingerprint density at radius 3 is 1.91 bits per heavy atom. The molecule has 1 saturated heterocycles. The van der Waals surface area contributed by atoms with E-state index in [0.29, 0.717) is 6.10 Å². The number of hydrogen-bond acceptors (Lipinski definition) is 2. The lowest BCUT2D eigenvalue weighted by Crippen LogP contribution is -2.24. The lowest BCUT2D eigenvalue weighted by atomic mass is 10.1. The van der Waals surface area contributed by atoms with Gasteiger partial charge in [0.05, 0.1) is 12.7 Å². The van der Waals surface area contributed by atoms with Crippen LogP contribution in [0.15, 0.2) is 0 Å². The number of hydrogen-bond donors (Lipinski definition) is 0. The van der Waals surface area contributed by atoms with Crippen LogP contribution >= 0.6 is 0 Å². The molecule has 1 unspecified atom stereocenters. The van der Waals surface area contributed by atoms with Crippen LogP contribution in [0.4, 0.5) is 0 Å². The second kappa shape index (κ2) is 15.8. The lowest BCUT2D eigenvalue weighted by Gasteiger charge is -2.22. The summed E-state index contributed by atoms with van der Waals surface area (Å²) in [6, 6.07) is 0. The first kappa shape index (κ1) is 20.0. The molecule has 1 aliphatic heterocycles. The molecule has 1 atom stereocenters. The van der Waals surface area contributed by atoms with Crippen LogP contribution < -0.4 is 0 Å².